The summed E-state index contributed by atoms with van der Waals surface area (Å²) < 4.78 is 0. The number of hydrogen-bond acceptors (Lipinski definition) is 5. The summed E-state index contributed by atoms with van der Waals surface area (Å²) in [7, 11) is 0. The summed E-state index contributed by atoms with van der Waals surface area (Å²) >= 11 is 1.65. The van der Waals surface area contributed by atoms with Crippen LogP contribution in [-0.2, 0) is 18.3 Å². The topological polar surface area (TPSA) is 82.0 Å². The van der Waals surface area contributed by atoms with Crippen molar-refractivity contribution in [2.45, 2.75) is 32.1 Å². The smallest absolute Gasteiger partial charge is 0.269 e. The van der Waals surface area contributed by atoms with E-state index in [0.717, 1.165) is 29.1 Å². The number of nitrogens with two attached hydrogens (primary N) is 1. The molecule has 0 atom stereocenters. The molecule has 112 valence electrons. The molecule has 0 radical (unpaired) electrons. The third-order valence-electron chi connectivity index (χ3n) is 3.32. The fourth-order valence-corrected chi connectivity index (χ4v) is 3.18. The van der Waals surface area contributed by atoms with E-state index in [9.17, 15) is 10.1 Å². The van der Waals surface area contributed by atoms with Crippen LogP contribution in [0.5, 0.6) is 0 Å². The summed E-state index contributed by atoms with van der Waals surface area (Å²) in [5.41, 5.74) is 7.68. The molecule has 21 heavy (non-hydrogen) atoms. The molecule has 6 heteroatoms. The van der Waals surface area contributed by atoms with Gasteiger partial charge >= 0.3 is 0 Å². The van der Waals surface area contributed by atoms with Crippen LogP contribution >= 0.6 is 11.3 Å². The molecule has 5 nitrogen and oxygen atoms in total. The van der Waals surface area contributed by atoms with Gasteiger partial charge in [-0.2, -0.15) is 0 Å². The molecule has 0 aliphatic carbocycles. The Hall–Kier alpha value is -1.79. The van der Waals surface area contributed by atoms with Crippen LogP contribution in [-0.4, -0.2) is 16.5 Å². The average molecular weight is 305 g/mol. The number of benzene rings is 1. The van der Waals surface area contributed by atoms with Crippen molar-refractivity contribution in [2.75, 3.05) is 6.54 Å². The molecule has 0 saturated carbocycles. The van der Waals surface area contributed by atoms with Gasteiger partial charge in [0.2, 0.25) is 0 Å². The zero-order valence-electron chi connectivity index (χ0n) is 12.2. The Morgan fingerprint density at radius 2 is 2.00 bits per heavy atom. The predicted octanol–water partition coefficient (Wildman–Crippen LogP) is 3.07. The Bertz CT molecular complexity index is 620. The molecule has 2 rings (SSSR count). The van der Waals surface area contributed by atoms with Gasteiger partial charge in [0.1, 0.15) is 0 Å². The molecule has 0 saturated heterocycles. The number of thiazole rings is 1. The lowest BCUT2D eigenvalue weighted by Gasteiger charge is -2.22. The molecule has 0 unspecified atom stereocenters. The second-order valence-corrected chi connectivity index (χ2v) is 6.52. The standard InChI is InChI=1S/C15H19N3O2S/c1-15(2,14-17-12(7-8-16)10-21-14)9-11-3-5-13(6-4-11)18(19)20/h3-6,10H,7-9,16H2,1-2H3. The van der Waals surface area contributed by atoms with Crippen LogP contribution < -0.4 is 5.73 Å². The maximum atomic E-state index is 10.7. The van der Waals surface area contributed by atoms with Gasteiger partial charge in [-0.15, -0.1) is 11.3 Å². The van der Waals surface area contributed by atoms with Crippen molar-refractivity contribution < 1.29 is 4.92 Å². The lowest BCUT2D eigenvalue weighted by molar-refractivity contribution is -0.384. The van der Waals surface area contributed by atoms with Crippen molar-refractivity contribution in [3.8, 4) is 0 Å². The molecule has 2 aromatic rings. The van der Waals surface area contributed by atoms with E-state index in [-0.39, 0.29) is 16.0 Å². The van der Waals surface area contributed by atoms with Crippen LogP contribution in [0.15, 0.2) is 29.6 Å². The lowest BCUT2D eigenvalue weighted by atomic mass is 9.86. The van der Waals surface area contributed by atoms with Crippen LogP contribution in [0.3, 0.4) is 0 Å². The minimum atomic E-state index is -0.380. The van der Waals surface area contributed by atoms with Crippen LogP contribution in [0.1, 0.15) is 30.1 Å². The first-order chi connectivity index (χ1) is 9.92. The fraction of sp³-hybridized carbons (Fsp3) is 0.400. The Kier molecular flexibility index (Phi) is 4.69. The van der Waals surface area contributed by atoms with Gasteiger partial charge in [-0.25, -0.2) is 4.98 Å². The van der Waals surface area contributed by atoms with E-state index >= 15 is 0 Å². The zero-order valence-corrected chi connectivity index (χ0v) is 13.0. The summed E-state index contributed by atoms with van der Waals surface area (Å²) in [5, 5.41) is 13.8. The van der Waals surface area contributed by atoms with Crippen LogP contribution in [0, 0.1) is 10.1 Å². The first kappa shape index (κ1) is 15.6. The molecule has 0 fully saturated rings. The highest BCUT2D eigenvalue weighted by molar-refractivity contribution is 7.09. The Morgan fingerprint density at radius 1 is 1.33 bits per heavy atom. The fourth-order valence-electron chi connectivity index (χ4n) is 2.20. The second-order valence-electron chi connectivity index (χ2n) is 5.67. The molecule has 0 bridgehead atoms. The number of rotatable bonds is 6. The van der Waals surface area contributed by atoms with Gasteiger partial charge in [-0.3, -0.25) is 10.1 Å². The molecular weight excluding hydrogens is 286 g/mol. The molecule has 2 N–H and O–H groups in total. The molecule has 0 aliphatic heterocycles. The van der Waals surface area contributed by atoms with Crippen molar-refractivity contribution in [3.05, 3.63) is 56.0 Å². The van der Waals surface area contributed by atoms with Gasteiger partial charge in [0.15, 0.2) is 0 Å². The van der Waals surface area contributed by atoms with E-state index in [4.69, 9.17) is 5.73 Å². The molecule has 0 aliphatic rings. The normalized spacial score (nSPS) is 11.6. The zero-order chi connectivity index (χ0) is 15.5. The van der Waals surface area contributed by atoms with Crippen molar-refractivity contribution in [2.24, 2.45) is 5.73 Å². The molecule has 0 amide bonds. The van der Waals surface area contributed by atoms with Gasteiger partial charge in [-0.1, -0.05) is 26.0 Å². The van der Waals surface area contributed by atoms with Crippen molar-refractivity contribution >= 4 is 17.0 Å². The van der Waals surface area contributed by atoms with Crippen molar-refractivity contribution in [1.82, 2.24) is 4.98 Å². The second kappa shape index (κ2) is 6.32. The van der Waals surface area contributed by atoms with Gasteiger partial charge in [0.25, 0.3) is 5.69 Å². The first-order valence-corrected chi connectivity index (χ1v) is 7.68. The molecule has 0 spiro atoms. The minimum Gasteiger partial charge on any atom is -0.330 e. The summed E-state index contributed by atoms with van der Waals surface area (Å²) in [6.07, 6.45) is 1.59. The Labute approximate surface area is 128 Å². The molecule has 1 aromatic carbocycles. The Morgan fingerprint density at radius 3 is 2.57 bits per heavy atom. The number of aromatic nitrogens is 1. The largest absolute Gasteiger partial charge is 0.330 e. The third-order valence-corrected chi connectivity index (χ3v) is 4.58. The van der Waals surface area contributed by atoms with E-state index in [1.165, 1.54) is 0 Å². The maximum Gasteiger partial charge on any atom is 0.269 e. The highest BCUT2D eigenvalue weighted by Crippen LogP contribution is 2.30. The monoisotopic (exact) mass is 305 g/mol. The van der Waals surface area contributed by atoms with E-state index < -0.39 is 0 Å². The van der Waals surface area contributed by atoms with E-state index in [1.54, 1.807) is 23.5 Å². The Balaban J connectivity index is 2.13. The summed E-state index contributed by atoms with van der Waals surface area (Å²) in [6, 6.07) is 6.72. The van der Waals surface area contributed by atoms with Crippen molar-refractivity contribution in [3.63, 3.8) is 0 Å². The summed E-state index contributed by atoms with van der Waals surface area (Å²) in [4.78, 5) is 14.9. The quantitative estimate of drug-likeness (QED) is 0.657. The maximum absolute atomic E-state index is 10.7. The van der Waals surface area contributed by atoms with E-state index in [1.807, 2.05) is 12.1 Å². The highest BCUT2D eigenvalue weighted by atomic mass is 32.1. The van der Waals surface area contributed by atoms with E-state index in [2.05, 4.69) is 24.2 Å². The lowest BCUT2D eigenvalue weighted by Crippen LogP contribution is -2.20. The van der Waals surface area contributed by atoms with Crippen LogP contribution in [0.2, 0.25) is 0 Å². The molecule has 1 heterocycles. The van der Waals surface area contributed by atoms with Gasteiger partial charge < -0.3 is 5.73 Å². The number of hydrogen-bond donors (Lipinski definition) is 1. The number of non-ortho nitro benzene ring substituents is 1. The average Bonchev–Trinajstić information content (AvgIpc) is 2.89. The molecule has 1 aromatic heterocycles. The highest BCUT2D eigenvalue weighted by Gasteiger charge is 2.25. The van der Waals surface area contributed by atoms with Crippen LogP contribution in [0.4, 0.5) is 5.69 Å². The van der Waals surface area contributed by atoms with Gasteiger partial charge in [0.05, 0.1) is 15.6 Å². The first-order valence-electron chi connectivity index (χ1n) is 6.80. The minimum absolute atomic E-state index is 0.104. The number of nitrogens with zero attached hydrogens (tertiary/aromatic N) is 2. The van der Waals surface area contributed by atoms with E-state index in [0.29, 0.717) is 6.54 Å². The SMILES string of the molecule is CC(C)(Cc1ccc([N+](=O)[O-])cc1)c1nc(CCN)cs1. The van der Waals surface area contributed by atoms with Gasteiger partial charge in [-0.05, 0) is 18.5 Å². The molecular formula is C15H19N3O2S. The van der Waals surface area contributed by atoms with Crippen molar-refractivity contribution in [1.29, 1.82) is 0 Å². The summed E-state index contributed by atoms with van der Waals surface area (Å²) in [6.45, 7) is 4.88. The number of nitro benzene ring substituents is 1. The van der Waals surface area contributed by atoms with Gasteiger partial charge in [0, 0.05) is 29.3 Å². The summed E-state index contributed by atoms with van der Waals surface area (Å²) in [5.74, 6) is 0. The predicted molar refractivity (Wildman–Crippen MR) is 84.7 cm³/mol. The third kappa shape index (κ3) is 3.86. The number of nitro groups is 1. The van der Waals surface area contributed by atoms with Crippen LogP contribution in [0.25, 0.3) is 0 Å².